The Labute approximate surface area is 95.4 Å². The van der Waals surface area contributed by atoms with Crippen molar-refractivity contribution in [3.05, 3.63) is 57.8 Å². The Morgan fingerprint density at radius 2 is 2.06 bits per heavy atom. The highest BCUT2D eigenvalue weighted by Gasteiger charge is 2.11. The molecule has 0 aliphatic heterocycles. The zero-order valence-corrected chi connectivity index (χ0v) is 9.06. The van der Waals surface area contributed by atoms with Crippen LogP contribution in [0.4, 0.5) is 8.78 Å². The maximum absolute atomic E-state index is 13.3. The normalized spacial score (nSPS) is 10.4. The average molecular weight is 238 g/mol. The van der Waals surface area contributed by atoms with E-state index in [0.717, 1.165) is 18.2 Å². The predicted octanol–water partition coefficient (Wildman–Crippen LogP) is 3.45. The second-order valence-electron chi connectivity index (χ2n) is 3.35. The predicted molar refractivity (Wildman–Crippen MR) is 58.7 cm³/mol. The van der Waals surface area contributed by atoms with Crippen LogP contribution < -0.4 is 0 Å². The molecule has 1 nitrogen and oxygen atoms in total. The minimum absolute atomic E-state index is 0.0937. The second-order valence-corrected chi connectivity index (χ2v) is 4.13. The molecule has 2 rings (SSSR count). The number of benzene rings is 1. The number of thiophene rings is 1. The molecule has 0 atom stereocenters. The van der Waals surface area contributed by atoms with Crippen LogP contribution in [0.15, 0.2) is 35.0 Å². The number of carbonyl (C=O) groups is 1. The molecule has 0 radical (unpaired) electrons. The van der Waals surface area contributed by atoms with Gasteiger partial charge in [-0.2, -0.15) is 11.3 Å². The number of ketones is 1. The van der Waals surface area contributed by atoms with Gasteiger partial charge in [0.05, 0.1) is 0 Å². The Morgan fingerprint density at radius 1 is 1.25 bits per heavy atom. The summed E-state index contributed by atoms with van der Waals surface area (Å²) in [6, 6.07) is 4.79. The summed E-state index contributed by atoms with van der Waals surface area (Å²) in [6.45, 7) is 0. The van der Waals surface area contributed by atoms with Crippen LogP contribution in [0.3, 0.4) is 0 Å². The third-order valence-corrected chi connectivity index (χ3v) is 2.89. The van der Waals surface area contributed by atoms with E-state index in [4.69, 9.17) is 0 Å². The first kappa shape index (κ1) is 11.0. The summed E-state index contributed by atoms with van der Waals surface area (Å²) in [5, 5.41) is 3.47. The van der Waals surface area contributed by atoms with E-state index in [2.05, 4.69) is 0 Å². The van der Waals surface area contributed by atoms with Gasteiger partial charge in [0, 0.05) is 17.4 Å². The number of carbonyl (C=O) groups excluding carboxylic acids is 1. The Kier molecular flexibility index (Phi) is 3.10. The SMILES string of the molecule is O=C(Cc1cc(F)ccc1F)c1ccsc1. The first-order chi connectivity index (χ1) is 7.66. The Hall–Kier alpha value is -1.55. The number of Topliss-reactive ketones (excluding diaryl/α,β-unsaturated/α-hetero) is 1. The molecular formula is C12H8F2OS. The highest BCUT2D eigenvalue weighted by atomic mass is 32.1. The molecule has 0 amide bonds. The quantitative estimate of drug-likeness (QED) is 0.748. The zero-order chi connectivity index (χ0) is 11.5. The van der Waals surface area contributed by atoms with Gasteiger partial charge in [-0.15, -0.1) is 0 Å². The van der Waals surface area contributed by atoms with Crippen molar-refractivity contribution < 1.29 is 13.6 Å². The van der Waals surface area contributed by atoms with E-state index >= 15 is 0 Å². The van der Waals surface area contributed by atoms with Gasteiger partial charge in [-0.05, 0) is 35.2 Å². The van der Waals surface area contributed by atoms with Crippen LogP contribution in [0.2, 0.25) is 0 Å². The molecule has 2 aromatic rings. The number of rotatable bonds is 3. The van der Waals surface area contributed by atoms with Gasteiger partial charge in [-0.3, -0.25) is 4.79 Å². The fourth-order valence-corrected chi connectivity index (χ4v) is 2.04. The maximum atomic E-state index is 13.3. The first-order valence-electron chi connectivity index (χ1n) is 4.66. The van der Waals surface area contributed by atoms with Crippen molar-refractivity contribution in [2.75, 3.05) is 0 Å². The number of hydrogen-bond donors (Lipinski definition) is 0. The van der Waals surface area contributed by atoms with Crippen molar-refractivity contribution in [3.8, 4) is 0 Å². The van der Waals surface area contributed by atoms with Crippen LogP contribution in [0.1, 0.15) is 15.9 Å². The van der Waals surface area contributed by atoms with Gasteiger partial charge in [0.15, 0.2) is 5.78 Å². The summed E-state index contributed by atoms with van der Waals surface area (Å²) in [4.78, 5) is 11.7. The highest BCUT2D eigenvalue weighted by Crippen LogP contribution is 2.14. The first-order valence-corrected chi connectivity index (χ1v) is 5.60. The van der Waals surface area contributed by atoms with Crippen molar-refractivity contribution in [2.24, 2.45) is 0 Å². The van der Waals surface area contributed by atoms with E-state index in [1.807, 2.05) is 0 Å². The van der Waals surface area contributed by atoms with Crippen LogP contribution in [0.25, 0.3) is 0 Å². The van der Waals surface area contributed by atoms with Crippen molar-refractivity contribution in [2.45, 2.75) is 6.42 Å². The summed E-state index contributed by atoms with van der Waals surface area (Å²) in [6.07, 6.45) is -0.111. The van der Waals surface area contributed by atoms with Crippen molar-refractivity contribution in [1.82, 2.24) is 0 Å². The minimum atomic E-state index is -0.551. The van der Waals surface area contributed by atoms with Gasteiger partial charge >= 0.3 is 0 Å². The Balaban J connectivity index is 2.21. The molecule has 1 aromatic heterocycles. The average Bonchev–Trinajstić information content (AvgIpc) is 2.76. The monoisotopic (exact) mass is 238 g/mol. The Morgan fingerprint density at radius 3 is 2.75 bits per heavy atom. The van der Waals surface area contributed by atoms with E-state index in [1.54, 1.807) is 16.8 Å². The number of halogens is 2. The largest absolute Gasteiger partial charge is 0.294 e. The molecule has 1 aromatic carbocycles. The molecule has 82 valence electrons. The fourth-order valence-electron chi connectivity index (χ4n) is 1.38. The molecular weight excluding hydrogens is 230 g/mol. The Bertz CT molecular complexity index is 506. The lowest BCUT2D eigenvalue weighted by Crippen LogP contribution is -2.04. The molecule has 0 spiro atoms. The summed E-state index contributed by atoms with van der Waals surface area (Å²) < 4.78 is 26.1. The molecule has 16 heavy (non-hydrogen) atoms. The molecule has 0 aliphatic carbocycles. The van der Waals surface area contributed by atoms with Crippen LogP contribution in [-0.4, -0.2) is 5.78 Å². The molecule has 0 bridgehead atoms. The van der Waals surface area contributed by atoms with Gasteiger partial charge in [0.1, 0.15) is 11.6 Å². The standard InChI is InChI=1S/C12H8F2OS/c13-10-1-2-11(14)9(5-10)6-12(15)8-3-4-16-7-8/h1-5,7H,6H2. The summed E-state index contributed by atoms with van der Waals surface area (Å²) in [7, 11) is 0. The van der Waals surface area contributed by atoms with E-state index in [-0.39, 0.29) is 17.8 Å². The third kappa shape index (κ3) is 2.33. The topological polar surface area (TPSA) is 17.1 Å². The lowest BCUT2D eigenvalue weighted by molar-refractivity contribution is 0.0992. The second kappa shape index (κ2) is 4.53. The smallest absolute Gasteiger partial charge is 0.168 e. The van der Waals surface area contributed by atoms with E-state index in [1.165, 1.54) is 11.3 Å². The van der Waals surface area contributed by atoms with Gasteiger partial charge in [-0.1, -0.05) is 0 Å². The van der Waals surface area contributed by atoms with E-state index < -0.39 is 11.6 Å². The van der Waals surface area contributed by atoms with Crippen LogP contribution in [-0.2, 0) is 6.42 Å². The summed E-state index contributed by atoms with van der Waals surface area (Å²) in [5.74, 6) is -1.29. The van der Waals surface area contributed by atoms with Gasteiger partial charge in [-0.25, -0.2) is 8.78 Å². The van der Waals surface area contributed by atoms with Gasteiger partial charge in [0.25, 0.3) is 0 Å². The number of hydrogen-bond acceptors (Lipinski definition) is 2. The molecule has 4 heteroatoms. The van der Waals surface area contributed by atoms with Gasteiger partial charge in [0.2, 0.25) is 0 Å². The van der Waals surface area contributed by atoms with E-state index in [0.29, 0.717) is 5.56 Å². The molecule has 1 heterocycles. The molecule has 0 saturated carbocycles. The molecule has 0 aliphatic rings. The lowest BCUT2D eigenvalue weighted by atomic mass is 10.0. The summed E-state index contributed by atoms with van der Waals surface area (Å²) >= 11 is 1.40. The lowest BCUT2D eigenvalue weighted by Gasteiger charge is -2.01. The van der Waals surface area contributed by atoms with Crippen LogP contribution in [0, 0.1) is 11.6 Å². The fraction of sp³-hybridized carbons (Fsp3) is 0.0833. The van der Waals surface area contributed by atoms with E-state index in [9.17, 15) is 13.6 Å². The van der Waals surface area contributed by atoms with Crippen LogP contribution in [0.5, 0.6) is 0 Å². The molecule has 0 fully saturated rings. The molecule has 0 saturated heterocycles. The molecule has 0 unspecified atom stereocenters. The minimum Gasteiger partial charge on any atom is -0.294 e. The van der Waals surface area contributed by atoms with Gasteiger partial charge < -0.3 is 0 Å². The summed E-state index contributed by atoms with van der Waals surface area (Å²) in [5.41, 5.74) is 0.630. The zero-order valence-electron chi connectivity index (χ0n) is 8.24. The maximum Gasteiger partial charge on any atom is 0.168 e. The van der Waals surface area contributed by atoms with Crippen molar-refractivity contribution in [3.63, 3.8) is 0 Å². The van der Waals surface area contributed by atoms with Crippen LogP contribution >= 0.6 is 11.3 Å². The molecule has 0 N–H and O–H groups in total. The highest BCUT2D eigenvalue weighted by molar-refractivity contribution is 7.08. The van der Waals surface area contributed by atoms with Crippen molar-refractivity contribution >= 4 is 17.1 Å². The van der Waals surface area contributed by atoms with Crippen molar-refractivity contribution in [1.29, 1.82) is 0 Å². The third-order valence-electron chi connectivity index (χ3n) is 2.20.